The van der Waals surface area contributed by atoms with Gasteiger partial charge < -0.3 is 10.2 Å². The smallest absolute Gasteiger partial charge is 0.257 e. The van der Waals surface area contributed by atoms with Crippen LogP contribution in [0.3, 0.4) is 0 Å². The largest absolute Gasteiger partial charge is 0.350 e. The number of hydrogen-bond donors (Lipinski definition) is 1. The van der Waals surface area contributed by atoms with Gasteiger partial charge in [-0.05, 0) is 56.5 Å². The number of halogens is 1. The first-order valence-electron chi connectivity index (χ1n) is 10.6. The summed E-state index contributed by atoms with van der Waals surface area (Å²) in [5.74, 6) is -0.140. The Balaban J connectivity index is 1.42. The van der Waals surface area contributed by atoms with Gasteiger partial charge in [-0.25, -0.2) is 0 Å². The normalized spacial score (nSPS) is 21.0. The highest BCUT2D eigenvalue weighted by molar-refractivity contribution is 6.30. The molecule has 2 atom stereocenters. The van der Waals surface area contributed by atoms with Gasteiger partial charge >= 0.3 is 0 Å². The quantitative estimate of drug-likeness (QED) is 0.729. The molecule has 2 aromatic rings. The molecule has 2 unspecified atom stereocenters. The van der Waals surface area contributed by atoms with Gasteiger partial charge in [0.05, 0.1) is 17.3 Å². The van der Waals surface area contributed by atoms with Crippen LogP contribution in [0, 0.1) is 0 Å². The van der Waals surface area contributed by atoms with Crippen LogP contribution in [-0.4, -0.2) is 34.8 Å². The van der Waals surface area contributed by atoms with Crippen molar-refractivity contribution in [2.24, 2.45) is 0 Å². The summed E-state index contributed by atoms with van der Waals surface area (Å²) in [6.07, 6.45) is 1.80. The summed E-state index contributed by atoms with van der Waals surface area (Å²) in [5, 5.41) is 3.62. The highest BCUT2D eigenvalue weighted by Crippen LogP contribution is 2.44. The molecule has 1 saturated heterocycles. The molecule has 4 rings (SSSR count). The van der Waals surface area contributed by atoms with E-state index in [1.165, 1.54) is 0 Å². The minimum Gasteiger partial charge on any atom is -0.350 e. The van der Waals surface area contributed by atoms with E-state index in [0.717, 1.165) is 5.56 Å². The van der Waals surface area contributed by atoms with E-state index < -0.39 is 5.66 Å². The van der Waals surface area contributed by atoms with Gasteiger partial charge in [0.2, 0.25) is 11.8 Å². The van der Waals surface area contributed by atoms with Crippen molar-refractivity contribution in [3.8, 4) is 0 Å². The molecule has 1 fully saturated rings. The molecule has 7 heteroatoms. The molecule has 2 aliphatic heterocycles. The number of nitrogens with zero attached hydrogens (tertiary/aromatic N) is 2. The van der Waals surface area contributed by atoms with Crippen molar-refractivity contribution < 1.29 is 14.4 Å². The van der Waals surface area contributed by atoms with Gasteiger partial charge in [-0.15, -0.1) is 0 Å². The number of fused-ring (bicyclic) bond motifs is 3. The second-order valence-electron chi connectivity index (χ2n) is 8.37. The maximum absolute atomic E-state index is 13.2. The fourth-order valence-electron chi connectivity index (χ4n) is 4.61. The molecule has 3 amide bonds. The van der Waals surface area contributed by atoms with Crippen molar-refractivity contribution in [2.45, 2.75) is 51.2 Å². The van der Waals surface area contributed by atoms with Crippen molar-refractivity contribution in [2.75, 3.05) is 11.4 Å². The maximum atomic E-state index is 13.2. The number of nitrogens with one attached hydrogen (secondary N) is 1. The minimum absolute atomic E-state index is 0.0283. The van der Waals surface area contributed by atoms with Crippen LogP contribution in [0.5, 0.6) is 0 Å². The summed E-state index contributed by atoms with van der Waals surface area (Å²) in [6, 6.07) is 14.5. The molecular weight excluding hydrogens is 414 g/mol. The van der Waals surface area contributed by atoms with Gasteiger partial charge in [-0.3, -0.25) is 19.3 Å². The summed E-state index contributed by atoms with van der Waals surface area (Å²) in [4.78, 5) is 41.8. The van der Waals surface area contributed by atoms with Gasteiger partial charge in [0.25, 0.3) is 5.91 Å². The zero-order valence-electron chi connectivity index (χ0n) is 17.7. The molecule has 0 radical (unpaired) electrons. The lowest BCUT2D eigenvalue weighted by atomic mass is 9.98. The Bertz CT molecular complexity index is 1040. The lowest BCUT2D eigenvalue weighted by Crippen LogP contribution is -2.62. The Hall–Kier alpha value is -2.86. The highest BCUT2D eigenvalue weighted by atomic mass is 35.5. The monoisotopic (exact) mass is 439 g/mol. The zero-order chi connectivity index (χ0) is 22.2. The minimum atomic E-state index is -0.687. The third kappa shape index (κ3) is 3.92. The van der Waals surface area contributed by atoms with Crippen LogP contribution < -0.4 is 10.2 Å². The van der Waals surface area contributed by atoms with E-state index >= 15 is 0 Å². The molecule has 0 aliphatic carbocycles. The van der Waals surface area contributed by atoms with Crippen molar-refractivity contribution in [1.82, 2.24) is 10.2 Å². The Morgan fingerprint density at radius 3 is 2.74 bits per heavy atom. The lowest BCUT2D eigenvalue weighted by Gasteiger charge is -2.48. The molecule has 0 spiro atoms. The Kier molecular flexibility index (Phi) is 5.75. The number of benzene rings is 2. The molecule has 31 heavy (non-hydrogen) atoms. The molecule has 2 aromatic carbocycles. The number of carbonyl (C=O) groups is 3. The van der Waals surface area contributed by atoms with E-state index in [-0.39, 0.29) is 23.8 Å². The van der Waals surface area contributed by atoms with Gasteiger partial charge in [0.15, 0.2) is 0 Å². The first-order valence-corrected chi connectivity index (χ1v) is 11.0. The van der Waals surface area contributed by atoms with E-state index in [2.05, 4.69) is 5.32 Å². The maximum Gasteiger partial charge on any atom is 0.257 e. The second kappa shape index (κ2) is 8.35. The average Bonchev–Trinajstić information content (AvgIpc) is 3.05. The van der Waals surface area contributed by atoms with E-state index in [1.807, 2.05) is 50.2 Å². The van der Waals surface area contributed by atoms with Crippen LogP contribution in [0.15, 0.2) is 48.5 Å². The van der Waals surface area contributed by atoms with Crippen LogP contribution in [0.4, 0.5) is 5.69 Å². The van der Waals surface area contributed by atoms with Crippen molar-refractivity contribution in [1.29, 1.82) is 0 Å². The SMILES string of the molecule is CC(NC(=O)CCCN1C(=O)c2ccccc2N2C(=O)CCC12C)c1cccc(Cl)c1. The van der Waals surface area contributed by atoms with Crippen LogP contribution >= 0.6 is 11.6 Å². The Morgan fingerprint density at radius 2 is 1.97 bits per heavy atom. The third-order valence-electron chi connectivity index (χ3n) is 6.26. The van der Waals surface area contributed by atoms with Gasteiger partial charge in [-0.2, -0.15) is 0 Å². The summed E-state index contributed by atoms with van der Waals surface area (Å²) in [7, 11) is 0. The fourth-order valence-corrected chi connectivity index (χ4v) is 4.81. The molecular formula is C24H26ClN3O3. The molecule has 0 saturated carbocycles. The van der Waals surface area contributed by atoms with Gasteiger partial charge in [0.1, 0.15) is 5.66 Å². The summed E-state index contributed by atoms with van der Waals surface area (Å²) >= 11 is 6.03. The standard InChI is InChI=1S/C24H26ClN3O3/c1-16(17-7-5-8-18(25)15-17)26-21(29)11-6-14-27-23(31)19-9-3-4-10-20(19)28-22(30)12-13-24(27,28)2/h3-5,7-10,15-16H,6,11-14H2,1-2H3,(H,26,29). The van der Waals surface area contributed by atoms with E-state index in [1.54, 1.807) is 21.9 Å². The first-order chi connectivity index (χ1) is 14.8. The summed E-state index contributed by atoms with van der Waals surface area (Å²) in [6.45, 7) is 4.26. The van der Waals surface area contributed by atoms with Crippen LogP contribution in [0.1, 0.15) is 61.5 Å². The number of rotatable bonds is 6. The van der Waals surface area contributed by atoms with E-state index in [9.17, 15) is 14.4 Å². The number of hydrogen-bond acceptors (Lipinski definition) is 3. The fraction of sp³-hybridized carbons (Fsp3) is 0.375. The second-order valence-corrected chi connectivity index (χ2v) is 8.80. The Labute approximate surface area is 187 Å². The molecule has 2 aliphatic rings. The highest BCUT2D eigenvalue weighted by Gasteiger charge is 2.52. The number of carbonyl (C=O) groups excluding carboxylic acids is 3. The lowest BCUT2D eigenvalue weighted by molar-refractivity contribution is -0.122. The number of para-hydroxylation sites is 1. The topological polar surface area (TPSA) is 69.7 Å². The van der Waals surface area contributed by atoms with Gasteiger partial charge in [-0.1, -0.05) is 35.9 Å². The average molecular weight is 440 g/mol. The predicted molar refractivity (Wildman–Crippen MR) is 120 cm³/mol. The Morgan fingerprint density at radius 1 is 1.19 bits per heavy atom. The van der Waals surface area contributed by atoms with Crippen LogP contribution in [0.25, 0.3) is 0 Å². The van der Waals surface area contributed by atoms with Crippen molar-refractivity contribution in [3.63, 3.8) is 0 Å². The molecule has 1 N–H and O–H groups in total. The van der Waals surface area contributed by atoms with Crippen molar-refractivity contribution in [3.05, 3.63) is 64.7 Å². The van der Waals surface area contributed by atoms with E-state index in [4.69, 9.17) is 11.6 Å². The van der Waals surface area contributed by atoms with Gasteiger partial charge in [0, 0.05) is 24.4 Å². The predicted octanol–water partition coefficient (Wildman–Crippen LogP) is 4.30. The molecule has 0 aromatic heterocycles. The summed E-state index contributed by atoms with van der Waals surface area (Å²) in [5.41, 5.74) is 1.47. The number of amides is 3. The number of anilines is 1. The van der Waals surface area contributed by atoms with Crippen LogP contribution in [-0.2, 0) is 9.59 Å². The molecule has 2 heterocycles. The van der Waals surface area contributed by atoms with E-state index in [0.29, 0.717) is 48.5 Å². The van der Waals surface area contributed by atoms with Crippen LogP contribution in [0.2, 0.25) is 5.02 Å². The summed E-state index contributed by atoms with van der Waals surface area (Å²) < 4.78 is 0. The molecule has 6 nitrogen and oxygen atoms in total. The molecule has 162 valence electrons. The third-order valence-corrected chi connectivity index (χ3v) is 6.49. The van der Waals surface area contributed by atoms with Crippen molar-refractivity contribution >= 4 is 35.0 Å². The zero-order valence-corrected chi connectivity index (χ0v) is 18.5. The first kappa shape index (κ1) is 21.4. The molecule has 0 bridgehead atoms.